The predicted octanol–water partition coefficient (Wildman–Crippen LogP) is 3.67. The van der Waals surface area contributed by atoms with Gasteiger partial charge >= 0.3 is 13.2 Å². The smallest absolute Gasteiger partial charge is 0.444 e. The van der Waals surface area contributed by atoms with Crippen LogP contribution in [-0.4, -0.2) is 65.8 Å². The first-order valence-electron chi connectivity index (χ1n) is 11.7. The molecule has 7 nitrogen and oxygen atoms in total. The fourth-order valence-electron chi connectivity index (χ4n) is 4.29. The van der Waals surface area contributed by atoms with Crippen LogP contribution in [-0.2, 0) is 14.0 Å². The van der Waals surface area contributed by atoms with Crippen molar-refractivity contribution < 1.29 is 27.6 Å². The average Bonchev–Trinajstić information content (AvgIpc) is 3.35. The van der Waals surface area contributed by atoms with Gasteiger partial charge in [0.1, 0.15) is 11.4 Å². The monoisotopic (exact) mass is 477 g/mol. The molecule has 1 amide bonds. The molecule has 2 fully saturated rings. The number of carbonyl (C=O) groups excluding carboxylic acids is 1. The highest BCUT2D eigenvalue weighted by atomic mass is 19.3. The number of hydrogen-bond acceptors (Lipinski definition) is 6. The summed E-state index contributed by atoms with van der Waals surface area (Å²) in [6.45, 7) is 12.9. The summed E-state index contributed by atoms with van der Waals surface area (Å²) in [5, 5.41) is 3.25. The van der Waals surface area contributed by atoms with Gasteiger partial charge in [-0.1, -0.05) is 24.3 Å². The summed E-state index contributed by atoms with van der Waals surface area (Å²) in [6, 6.07) is 6.81. The van der Waals surface area contributed by atoms with Crippen LogP contribution in [0.5, 0.6) is 0 Å². The highest BCUT2D eigenvalue weighted by molar-refractivity contribution is 6.62. The Morgan fingerprint density at radius 2 is 1.74 bits per heavy atom. The van der Waals surface area contributed by atoms with E-state index in [0.717, 1.165) is 15.9 Å². The highest BCUT2D eigenvalue weighted by Crippen LogP contribution is 2.37. The lowest BCUT2D eigenvalue weighted by Crippen LogP contribution is -2.46. The van der Waals surface area contributed by atoms with E-state index >= 15 is 0 Å². The summed E-state index contributed by atoms with van der Waals surface area (Å²) >= 11 is 0. The molecule has 1 N–H and O–H groups in total. The maximum atomic E-state index is 14.3. The second-order valence-corrected chi connectivity index (χ2v) is 11.4. The molecule has 0 aromatic heterocycles. The molecule has 1 aromatic carbocycles. The minimum Gasteiger partial charge on any atom is -0.444 e. The number of likely N-dealkylation sites (tertiary alicyclic amines) is 1. The highest BCUT2D eigenvalue weighted by Gasteiger charge is 2.52. The van der Waals surface area contributed by atoms with E-state index in [9.17, 15) is 13.6 Å². The lowest BCUT2D eigenvalue weighted by Gasteiger charge is -2.32. The normalized spacial score (nSPS) is 27.5. The van der Waals surface area contributed by atoms with Gasteiger partial charge in [-0.3, -0.25) is 9.89 Å². The third-order valence-electron chi connectivity index (χ3n) is 6.84. The van der Waals surface area contributed by atoms with Crippen molar-refractivity contribution in [1.29, 1.82) is 0 Å². The molecular formula is C24H34BF2N3O4. The van der Waals surface area contributed by atoms with Gasteiger partial charge in [-0.15, -0.1) is 0 Å². The van der Waals surface area contributed by atoms with Crippen molar-refractivity contribution in [3.8, 4) is 0 Å². The molecule has 2 saturated heterocycles. The third-order valence-corrected chi connectivity index (χ3v) is 6.84. The number of nitrogens with zero attached hydrogens (tertiary/aromatic N) is 2. The SMILES string of the molecule is CC(C)(C)OC(=O)N1CC(F)(F)C[C@H]1C1=NCC(c2ccc(B3OC(C)(C)C(C)(C)O3)cc2)N1. The van der Waals surface area contributed by atoms with Crippen LogP contribution < -0.4 is 10.8 Å². The molecule has 3 aliphatic heterocycles. The van der Waals surface area contributed by atoms with Gasteiger partial charge in [0.05, 0.1) is 36.4 Å². The maximum Gasteiger partial charge on any atom is 0.494 e. The first kappa shape index (κ1) is 24.9. The zero-order valence-corrected chi connectivity index (χ0v) is 20.9. The van der Waals surface area contributed by atoms with E-state index in [1.54, 1.807) is 20.8 Å². The Balaban J connectivity index is 1.43. The van der Waals surface area contributed by atoms with Crippen molar-refractivity contribution in [3.63, 3.8) is 0 Å². The fraction of sp³-hybridized carbons (Fsp3) is 0.667. The topological polar surface area (TPSA) is 72.4 Å². The van der Waals surface area contributed by atoms with Crippen molar-refractivity contribution in [2.24, 2.45) is 4.99 Å². The van der Waals surface area contributed by atoms with Gasteiger partial charge < -0.3 is 19.4 Å². The van der Waals surface area contributed by atoms with Crippen LogP contribution in [0.4, 0.5) is 13.6 Å². The molecular weight excluding hydrogens is 443 g/mol. The Hall–Kier alpha value is -2.20. The largest absolute Gasteiger partial charge is 0.494 e. The Kier molecular flexibility index (Phi) is 6.00. The molecule has 10 heteroatoms. The Bertz CT molecular complexity index is 959. The second kappa shape index (κ2) is 8.19. The Morgan fingerprint density at radius 1 is 1.15 bits per heavy atom. The van der Waals surface area contributed by atoms with E-state index in [2.05, 4.69) is 10.3 Å². The predicted molar refractivity (Wildman–Crippen MR) is 127 cm³/mol. The van der Waals surface area contributed by atoms with Crippen molar-refractivity contribution in [2.45, 2.75) is 89.7 Å². The van der Waals surface area contributed by atoms with E-state index in [1.807, 2.05) is 52.0 Å². The van der Waals surface area contributed by atoms with Crippen molar-refractivity contribution in [3.05, 3.63) is 29.8 Å². The molecule has 186 valence electrons. The van der Waals surface area contributed by atoms with E-state index in [4.69, 9.17) is 14.0 Å². The van der Waals surface area contributed by atoms with E-state index < -0.39 is 54.9 Å². The summed E-state index contributed by atoms with van der Waals surface area (Å²) in [4.78, 5) is 18.2. The molecule has 1 unspecified atom stereocenters. The molecule has 1 aromatic rings. The second-order valence-electron chi connectivity index (χ2n) is 11.4. The number of alkyl halides is 2. The van der Waals surface area contributed by atoms with Crippen molar-refractivity contribution in [1.82, 2.24) is 10.2 Å². The number of rotatable bonds is 3. The van der Waals surface area contributed by atoms with Gasteiger partial charge in [0.25, 0.3) is 5.92 Å². The lowest BCUT2D eigenvalue weighted by molar-refractivity contribution is -0.00210. The summed E-state index contributed by atoms with van der Waals surface area (Å²) in [6.07, 6.45) is -1.24. The number of hydrogen-bond donors (Lipinski definition) is 1. The minimum atomic E-state index is -2.99. The van der Waals surface area contributed by atoms with Gasteiger partial charge in [-0.25, -0.2) is 13.6 Å². The number of benzene rings is 1. The molecule has 0 spiro atoms. The fourth-order valence-corrected chi connectivity index (χ4v) is 4.29. The van der Waals surface area contributed by atoms with E-state index in [0.29, 0.717) is 12.4 Å². The number of nitrogens with one attached hydrogen (secondary N) is 1. The maximum absolute atomic E-state index is 14.3. The zero-order valence-electron chi connectivity index (χ0n) is 20.9. The Labute approximate surface area is 200 Å². The summed E-state index contributed by atoms with van der Waals surface area (Å²) in [5.41, 5.74) is 0.261. The van der Waals surface area contributed by atoms with Crippen LogP contribution in [0.1, 0.15) is 66.5 Å². The van der Waals surface area contributed by atoms with E-state index in [1.165, 1.54) is 0 Å². The number of aliphatic imine (C=N–C) groups is 1. The van der Waals surface area contributed by atoms with Gasteiger partial charge in [0.2, 0.25) is 0 Å². The molecule has 0 bridgehead atoms. The number of halogens is 2. The molecule has 0 radical (unpaired) electrons. The zero-order chi connectivity index (χ0) is 25.1. The van der Waals surface area contributed by atoms with Crippen molar-refractivity contribution in [2.75, 3.05) is 13.1 Å². The third kappa shape index (κ3) is 4.93. The molecule has 0 aliphatic carbocycles. The van der Waals surface area contributed by atoms with Crippen LogP contribution in [0, 0.1) is 0 Å². The van der Waals surface area contributed by atoms with Crippen LogP contribution in [0.15, 0.2) is 29.3 Å². The van der Waals surface area contributed by atoms with Gasteiger partial charge in [0, 0.05) is 6.42 Å². The van der Waals surface area contributed by atoms with Gasteiger partial charge in [0.15, 0.2) is 0 Å². The van der Waals surface area contributed by atoms with Crippen LogP contribution in [0.2, 0.25) is 0 Å². The summed E-state index contributed by atoms with van der Waals surface area (Å²) in [7, 11) is -0.453. The molecule has 2 atom stereocenters. The van der Waals surface area contributed by atoms with Crippen LogP contribution in [0.25, 0.3) is 0 Å². The quantitative estimate of drug-likeness (QED) is 0.673. The van der Waals surface area contributed by atoms with Gasteiger partial charge in [-0.05, 0) is 59.5 Å². The average molecular weight is 477 g/mol. The minimum absolute atomic E-state index is 0.169. The number of amidine groups is 1. The number of amides is 1. The van der Waals surface area contributed by atoms with Crippen LogP contribution >= 0.6 is 0 Å². The molecule has 4 rings (SSSR count). The summed E-state index contributed by atoms with van der Waals surface area (Å²) in [5.74, 6) is -2.60. The van der Waals surface area contributed by atoms with E-state index in [-0.39, 0.29) is 6.04 Å². The standard InChI is InChI=1S/C24H34BF2N3O4/c1-21(2,3)32-20(31)30-14-24(26,27)12-18(30)19-28-13-17(29-19)15-8-10-16(11-9-15)25-33-22(4,5)23(6,7)34-25/h8-11,17-18H,12-14H2,1-7H3,(H,28,29)/t17?,18-/m0/s1. The first-order chi connectivity index (χ1) is 15.6. The number of ether oxygens (including phenoxy) is 1. The molecule has 0 saturated carbocycles. The Morgan fingerprint density at radius 3 is 2.29 bits per heavy atom. The lowest BCUT2D eigenvalue weighted by atomic mass is 9.78. The van der Waals surface area contributed by atoms with Crippen molar-refractivity contribution >= 4 is 24.5 Å². The van der Waals surface area contributed by atoms with Crippen LogP contribution in [0.3, 0.4) is 0 Å². The molecule has 3 aliphatic rings. The first-order valence-corrected chi connectivity index (χ1v) is 11.7. The molecule has 34 heavy (non-hydrogen) atoms. The number of carbonyl (C=O) groups is 1. The molecule has 3 heterocycles. The van der Waals surface area contributed by atoms with Gasteiger partial charge in [-0.2, -0.15) is 0 Å². The summed E-state index contributed by atoms with van der Waals surface area (Å²) < 4.78 is 46.1.